The minimum Gasteiger partial charge on any atom is -0.455 e. The molecule has 1 aromatic carbocycles. The summed E-state index contributed by atoms with van der Waals surface area (Å²) in [7, 11) is -5.39. The van der Waals surface area contributed by atoms with Gasteiger partial charge >= 0.3 is 11.7 Å². The summed E-state index contributed by atoms with van der Waals surface area (Å²) in [6.07, 6.45) is -4.19. The van der Waals surface area contributed by atoms with E-state index < -0.39 is 45.3 Å². The predicted octanol–water partition coefficient (Wildman–Crippen LogP) is 4.10. The standard InChI is InChI=1S/C19H16F6N2O4S/c20-18(21,22)16-5-4-13(10-26-16)31-15-3-1-2-12-11-27(8-6-14(12)15)17(28)7-9-32(29,30)19(23,24)25/h1-5,10H,6-9,11H2. The van der Waals surface area contributed by atoms with Crippen LogP contribution >= 0.6 is 0 Å². The van der Waals surface area contributed by atoms with Crippen LogP contribution in [0.3, 0.4) is 0 Å². The third kappa shape index (κ3) is 5.31. The Hall–Kier alpha value is -2.83. The van der Waals surface area contributed by atoms with Gasteiger partial charge in [0.25, 0.3) is 0 Å². The molecule has 13 heteroatoms. The summed E-state index contributed by atoms with van der Waals surface area (Å²) >= 11 is 0. The molecule has 0 radical (unpaired) electrons. The number of amides is 1. The first-order chi connectivity index (χ1) is 14.8. The van der Waals surface area contributed by atoms with Crippen LogP contribution in [0.5, 0.6) is 11.5 Å². The molecule has 0 spiro atoms. The molecule has 6 nitrogen and oxygen atoms in total. The van der Waals surface area contributed by atoms with Crippen LogP contribution in [-0.4, -0.2) is 42.0 Å². The Balaban J connectivity index is 1.68. The molecule has 0 aliphatic carbocycles. The lowest BCUT2D eigenvalue weighted by Crippen LogP contribution is -2.37. The lowest BCUT2D eigenvalue weighted by Gasteiger charge is -2.30. The Kier molecular flexibility index (Phi) is 6.40. The average Bonchev–Trinajstić information content (AvgIpc) is 2.71. The normalized spacial score (nSPS) is 14.8. The zero-order valence-corrected chi connectivity index (χ0v) is 17.0. The van der Waals surface area contributed by atoms with Crippen molar-refractivity contribution in [2.45, 2.75) is 31.1 Å². The molecule has 0 atom stereocenters. The molecule has 2 heterocycles. The van der Waals surface area contributed by atoms with E-state index in [0.717, 1.165) is 18.3 Å². The van der Waals surface area contributed by atoms with Crippen molar-refractivity contribution in [3.8, 4) is 11.5 Å². The van der Waals surface area contributed by atoms with Crippen LogP contribution in [0.4, 0.5) is 26.3 Å². The van der Waals surface area contributed by atoms with E-state index in [4.69, 9.17) is 4.74 Å². The highest BCUT2D eigenvalue weighted by molar-refractivity contribution is 7.92. The van der Waals surface area contributed by atoms with Crippen LogP contribution in [0, 0.1) is 0 Å². The number of halogens is 6. The topological polar surface area (TPSA) is 76.6 Å². The smallest absolute Gasteiger partial charge is 0.455 e. The van der Waals surface area contributed by atoms with E-state index in [0.29, 0.717) is 16.9 Å². The Morgan fingerprint density at radius 1 is 1.09 bits per heavy atom. The third-order valence-corrected chi connectivity index (χ3v) is 6.21. The number of carbonyl (C=O) groups is 1. The van der Waals surface area contributed by atoms with Gasteiger partial charge in [0.2, 0.25) is 15.7 Å². The lowest BCUT2D eigenvalue weighted by atomic mass is 9.98. The summed E-state index contributed by atoms with van der Waals surface area (Å²) in [5, 5.41) is 0. The fraction of sp³-hybridized carbons (Fsp3) is 0.368. The maximum atomic E-state index is 12.6. The highest BCUT2D eigenvalue weighted by Crippen LogP contribution is 2.33. The van der Waals surface area contributed by atoms with Crippen molar-refractivity contribution in [1.29, 1.82) is 0 Å². The molecular formula is C19H16F6N2O4S. The fourth-order valence-corrected chi connectivity index (χ4v) is 3.79. The minimum atomic E-state index is -5.42. The summed E-state index contributed by atoms with van der Waals surface area (Å²) in [6.45, 7) is 0.145. The second-order valence-electron chi connectivity index (χ2n) is 6.95. The largest absolute Gasteiger partial charge is 0.497 e. The minimum absolute atomic E-state index is 0.0305. The maximum Gasteiger partial charge on any atom is 0.497 e. The predicted molar refractivity (Wildman–Crippen MR) is 99.3 cm³/mol. The summed E-state index contributed by atoms with van der Waals surface area (Å²) in [5.41, 5.74) is -5.18. The van der Waals surface area contributed by atoms with Crippen LogP contribution in [0.15, 0.2) is 36.5 Å². The lowest BCUT2D eigenvalue weighted by molar-refractivity contribution is -0.141. The van der Waals surface area contributed by atoms with Gasteiger partial charge in [-0.05, 0) is 30.2 Å². The molecule has 1 amide bonds. The van der Waals surface area contributed by atoms with Gasteiger partial charge in [-0.1, -0.05) is 12.1 Å². The van der Waals surface area contributed by atoms with Crippen LogP contribution in [-0.2, 0) is 33.8 Å². The first-order valence-electron chi connectivity index (χ1n) is 9.16. The number of sulfone groups is 1. The zero-order chi connectivity index (χ0) is 23.7. The molecule has 0 saturated heterocycles. The first-order valence-corrected chi connectivity index (χ1v) is 10.8. The highest BCUT2D eigenvalue weighted by atomic mass is 32.2. The Morgan fingerprint density at radius 3 is 2.41 bits per heavy atom. The number of nitrogens with zero attached hydrogens (tertiary/aromatic N) is 2. The quantitative estimate of drug-likeness (QED) is 0.600. The number of ether oxygens (including phenoxy) is 1. The van der Waals surface area contributed by atoms with E-state index in [1.807, 2.05) is 0 Å². The third-order valence-electron chi connectivity index (χ3n) is 4.77. The number of carbonyl (C=O) groups excluding carboxylic acids is 1. The van der Waals surface area contributed by atoms with Gasteiger partial charge in [-0.15, -0.1) is 0 Å². The molecule has 3 rings (SSSR count). The van der Waals surface area contributed by atoms with Crippen molar-refractivity contribution in [3.63, 3.8) is 0 Å². The Labute approximate surface area is 178 Å². The number of alkyl halides is 6. The SMILES string of the molecule is O=C(CCS(=O)(=O)C(F)(F)F)N1CCc2c(cccc2Oc2ccc(C(F)(F)F)nc2)C1. The molecule has 2 aromatic rings. The van der Waals surface area contributed by atoms with E-state index in [-0.39, 0.29) is 25.3 Å². The maximum absolute atomic E-state index is 12.6. The van der Waals surface area contributed by atoms with E-state index in [1.54, 1.807) is 18.2 Å². The van der Waals surface area contributed by atoms with Crippen molar-refractivity contribution in [2.75, 3.05) is 12.3 Å². The van der Waals surface area contributed by atoms with Gasteiger partial charge in [-0.25, -0.2) is 13.4 Å². The molecule has 32 heavy (non-hydrogen) atoms. The van der Waals surface area contributed by atoms with Crippen LogP contribution in [0.2, 0.25) is 0 Å². The highest BCUT2D eigenvalue weighted by Gasteiger charge is 2.45. The van der Waals surface area contributed by atoms with Crippen molar-refractivity contribution in [1.82, 2.24) is 9.88 Å². The fourth-order valence-electron chi connectivity index (χ4n) is 3.11. The number of rotatable bonds is 5. The van der Waals surface area contributed by atoms with Gasteiger partial charge in [0.1, 0.15) is 17.2 Å². The van der Waals surface area contributed by atoms with E-state index >= 15 is 0 Å². The molecule has 1 aliphatic heterocycles. The van der Waals surface area contributed by atoms with Crippen molar-refractivity contribution >= 4 is 15.7 Å². The van der Waals surface area contributed by atoms with Crippen molar-refractivity contribution in [2.24, 2.45) is 0 Å². The van der Waals surface area contributed by atoms with E-state index in [2.05, 4.69) is 4.98 Å². The van der Waals surface area contributed by atoms with Crippen LogP contribution in [0.1, 0.15) is 23.2 Å². The molecule has 1 aromatic heterocycles. The average molecular weight is 482 g/mol. The van der Waals surface area contributed by atoms with Crippen LogP contribution < -0.4 is 4.74 Å². The summed E-state index contributed by atoms with van der Waals surface area (Å²) in [6, 6.07) is 6.74. The molecule has 0 bridgehead atoms. The first kappa shape index (κ1) is 23.8. The van der Waals surface area contributed by atoms with Gasteiger partial charge in [0, 0.05) is 25.1 Å². The van der Waals surface area contributed by atoms with Gasteiger partial charge < -0.3 is 9.64 Å². The molecular weight excluding hydrogens is 466 g/mol. The number of fused-ring (bicyclic) bond motifs is 1. The molecule has 0 saturated carbocycles. The number of hydrogen-bond donors (Lipinski definition) is 0. The zero-order valence-electron chi connectivity index (χ0n) is 16.2. The van der Waals surface area contributed by atoms with Gasteiger partial charge in [0.15, 0.2) is 0 Å². The Morgan fingerprint density at radius 2 is 1.81 bits per heavy atom. The second-order valence-corrected chi connectivity index (χ2v) is 9.05. The number of hydrogen-bond acceptors (Lipinski definition) is 5. The summed E-state index contributed by atoms with van der Waals surface area (Å²) in [5.74, 6) is -1.65. The van der Waals surface area contributed by atoms with E-state index in [1.165, 1.54) is 4.90 Å². The second kappa shape index (κ2) is 8.60. The summed E-state index contributed by atoms with van der Waals surface area (Å²) < 4.78 is 103. The van der Waals surface area contributed by atoms with Gasteiger partial charge in [-0.3, -0.25) is 4.79 Å². The number of pyridine rings is 1. The van der Waals surface area contributed by atoms with Crippen molar-refractivity contribution in [3.05, 3.63) is 53.3 Å². The monoisotopic (exact) mass is 482 g/mol. The van der Waals surface area contributed by atoms with Gasteiger partial charge in [-0.2, -0.15) is 26.3 Å². The molecule has 0 N–H and O–H groups in total. The molecule has 0 unspecified atom stereocenters. The summed E-state index contributed by atoms with van der Waals surface area (Å²) in [4.78, 5) is 16.8. The van der Waals surface area contributed by atoms with E-state index in [9.17, 15) is 39.6 Å². The number of benzene rings is 1. The van der Waals surface area contributed by atoms with Crippen LogP contribution in [0.25, 0.3) is 0 Å². The molecule has 174 valence electrons. The molecule has 1 aliphatic rings. The number of aromatic nitrogens is 1. The molecule has 0 fully saturated rings. The van der Waals surface area contributed by atoms with Gasteiger partial charge in [0.05, 0.1) is 11.9 Å². The van der Waals surface area contributed by atoms with Crippen molar-refractivity contribution < 1.29 is 44.3 Å². The Bertz CT molecular complexity index is 1100.